The predicted octanol–water partition coefficient (Wildman–Crippen LogP) is 2.02. The molecule has 0 aromatic rings. The highest BCUT2D eigenvalue weighted by Crippen LogP contribution is 2.29. The summed E-state index contributed by atoms with van der Waals surface area (Å²) >= 11 is 1.95. The van der Waals surface area contributed by atoms with Crippen LogP contribution in [0.15, 0.2) is 0 Å². The molecular formula is C11H23NOS. The Kier molecular flexibility index (Phi) is 5.90. The molecule has 0 amide bonds. The lowest BCUT2D eigenvalue weighted by molar-refractivity contribution is 0.192. The molecule has 0 spiro atoms. The summed E-state index contributed by atoms with van der Waals surface area (Å²) in [6.45, 7) is 4.95. The predicted molar refractivity (Wildman–Crippen MR) is 63.9 cm³/mol. The molecule has 1 atom stereocenters. The number of hydrogen-bond donors (Lipinski definition) is 2. The van der Waals surface area contributed by atoms with E-state index in [2.05, 4.69) is 19.2 Å². The van der Waals surface area contributed by atoms with Crippen molar-refractivity contribution < 1.29 is 5.11 Å². The van der Waals surface area contributed by atoms with Crippen LogP contribution in [0.3, 0.4) is 0 Å². The van der Waals surface area contributed by atoms with Crippen LogP contribution in [0, 0.1) is 0 Å². The van der Waals surface area contributed by atoms with Gasteiger partial charge in [-0.3, -0.25) is 0 Å². The third-order valence-electron chi connectivity index (χ3n) is 2.59. The number of rotatable bonds is 6. The minimum Gasteiger partial charge on any atom is -0.391 e. The first kappa shape index (κ1) is 12.3. The fraction of sp³-hybridized carbons (Fsp3) is 1.00. The molecule has 0 saturated heterocycles. The van der Waals surface area contributed by atoms with Gasteiger partial charge in [-0.05, 0) is 12.8 Å². The first-order chi connectivity index (χ1) is 6.68. The van der Waals surface area contributed by atoms with E-state index in [1.54, 1.807) is 0 Å². The normalized spacial score (nSPS) is 20.6. The summed E-state index contributed by atoms with van der Waals surface area (Å²) < 4.78 is 0. The molecule has 0 aromatic carbocycles. The van der Waals surface area contributed by atoms with Gasteiger partial charge in [0.05, 0.1) is 6.10 Å². The Morgan fingerprint density at radius 2 is 2.00 bits per heavy atom. The maximum atomic E-state index is 9.68. The number of thioether (sulfide) groups is 1. The van der Waals surface area contributed by atoms with E-state index in [0.29, 0.717) is 6.04 Å². The molecule has 14 heavy (non-hydrogen) atoms. The zero-order valence-electron chi connectivity index (χ0n) is 9.33. The average Bonchev–Trinajstić information content (AvgIpc) is 2.63. The molecule has 0 bridgehead atoms. The third kappa shape index (κ3) is 5.23. The molecule has 1 saturated carbocycles. The molecule has 2 N–H and O–H groups in total. The lowest BCUT2D eigenvalue weighted by Gasteiger charge is -2.15. The van der Waals surface area contributed by atoms with E-state index in [9.17, 15) is 5.11 Å². The molecule has 1 unspecified atom stereocenters. The highest BCUT2D eigenvalue weighted by Gasteiger charge is 2.16. The van der Waals surface area contributed by atoms with Crippen LogP contribution in [0.2, 0.25) is 0 Å². The van der Waals surface area contributed by atoms with Crippen molar-refractivity contribution in [1.29, 1.82) is 0 Å². The zero-order chi connectivity index (χ0) is 10.4. The van der Waals surface area contributed by atoms with Crippen molar-refractivity contribution in [3.8, 4) is 0 Å². The maximum absolute atomic E-state index is 9.68. The van der Waals surface area contributed by atoms with Gasteiger partial charge in [-0.2, -0.15) is 11.8 Å². The molecule has 3 heteroatoms. The summed E-state index contributed by atoms with van der Waals surface area (Å²) in [5.41, 5.74) is 0. The van der Waals surface area contributed by atoms with Gasteiger partial charge in [0.1, 0.15) is 0 Å². The Morgan fingerprint density at radius 1 is 1.36 bits per heavy atom. The van der Waals surface area contributed by atoms with Crippen LogP contribution in [-0.2, 0) is 0 Å². The van der Waals surface area contributed by atoms with E-state index >= 15 is 0 Å². The van der Waals surface area contributed by atoms with Crippen LogP contribution in [0.5, 0.6) is 0 Å². The van der Waals surface area contributed by atoms with Gasteiger partial charge in [0.15, 0.2) is 0 Å². The Labute approximate surface area is 91.9 Å². The molecule has 0 radical (unpaired) electrons. The van der Waals surface area contributed by atoms with E-state index in [0.717, 1.165) is 17.5 Å². The standard InChI is InChI=1S/C11H23NOS/c1-9(2)12-7-10(13)8-14-11-5-3-4-6-11/h9-13H,3-8H2,1-2H3. The largest absolute Gasteiger partial charge is 0.391 e. The smallest absolute Gasteiger partial charge is 0.0755 e. The second kappa shape index (κ2) is 6.70. The van der Waals surface area contributed by atoms with Crippen molar-refractivity contribution in [1.82, 2.24) is 5.32 Å². The lowest BCUT2D eigenvalue weighted by atomic mass is 10.3. The molecule has 1 aliphatic carbocycles. The van der Waals surface area contributed by atoms with Crippen LogP contribution in [-0.4, -0.2) is 34.8 Å². The van der Waals surface area contributed by atoms with E-state index in [1.807, 2.05) is 11.8 Å². The summed E-state index contributed by atoms with van der Waals surface area (Å²) in [5.74, 6) is 0.893. The molecule has 1 fully saturated rings. The molecule has 1 aliphatic rings. The van der Waals surface area contributed by atoms with Crippen molar-refractivity contribution >= 4 is 11.8 Å². The zero-order valence-corrected chi connectivity index (χ0v) is 10.1. The Bertz CT molecular complexity index is 146. The van der Waals surface area contributed by atoms with E-state index in [4.69, 9.17) is 0 Å². The second-order valence-electron chi connectivity index (χ2n) is 4.46. The SMILES string of the molecule is CC(C)NCC(O)CSC1CCCC1. The van der Waals surface area contributed by atoms with Crippen molar-refractivity contribution in [2.45, 2.75) is 56.9 Å². The molecule has 0 aliphatic heterocycles. The van der Waals surface area contributed by atoms with Gasteiger partial charge in [0, 0.05) is 23.6 Å². The minimum absolute atomic E-state index is 0.178. The minimum atomic E-state index is -0.178. The monoisotopic (exact) mass is 217 g/mol. The number of aliphatic hydroxyl groups excluding tert-OH is 1. The number of hydrogen-bond acceptors (Lipinski definition) is 3. The lowest BCUT2D eigenvalue weighted by Crippen LogP contribution is -2.33. The number of aliphatic hydroxyl groups is 1. The summed E-state index contributed by atoms with van der Waals surface area (Å²) in [6, 6.07) is 0.473. The Morgan fingerprint density at radius 3 is 2.57 bits per heavy atom. The molecule has 84 valence electrons. The molecular weight excluding hydrogens is 194 g/mol. The van der Waals surface area contributed by atoms with Gasteiger partial charge in [-0.25, -0.2) is 0 Å². The van der Waals surface area contributed by atoms with Crippen molar-refractivity contribution in [3.05, 3.63) is 0 Å². The molecule has 1 rings (SSSR count). The van der Waals surface area contributed by atoms with Gasteiger partial charge in [-0.1, -0.05) is 26.7 Å². The van der Waals surface area contributed by atoms with Crippen LogP contribution in [0.1, 0.15) is 39.5 Å². The fourth-order valence-corrected chi connectivity index (χ4v) is 3.01. The summed E-state index contributed by atoms with van der Waals surface area (Å²) in [4.78, 5) is 0. The quantitative estimate of drug-likeness (QED) is 0.714. The summed E-state index contributed by atoms with van der Waals surface area (Å²) in [6.07, 6.45) is 5.31. The Balaban J connectivity index is 1.99. The van der Waals surface area contributed by atoms with E-state index < -0.39 is 0 Å². The van der Waals surface area contributed by atoms with Crippen molar-refractivity contribution in [3.63, 3.8) is 0 Å². The van der Waals surface area contributed by atoms with E-state index in [1.165, 1.54) is 25.7 Å². The fourth-order valence-electron chi connectivity index (χ4n) is 1.73. The first-order valence-electron chi connectivity index (χ1n) is 5.71. The van der Waals surface area contributed by atoms with Crippen molar-refractivity contribution in [2.75, 3.05) is 12.3 Å². The molecule has 0 heterocycles. The number of nitrogens with one attached hydrogen (secondary N) is 1. The van der Waals surface area contributed by atoms with Crippen LogP contribution >= 0.6 is 11.8 Å². The highest BCUT2D eigenvalue weighted by molar-refractivity contribution is 7.99. The molecule has 0 aromatic heterocycles. The Hall–Kier alpha value is 0.270. The van der Waals surface area contributed by atoms with Gasteiger partial charge in [0.25, 0.3) is 0 Å². The van der Waals surface area contributed by atoms with Crippen LogP contribution in [0.4, 0.5) is 0 Å². The topological polar surface area (TPSA) is 32.3 Å². The van der Waals surface area contributed by atoms with E-state index in [-0.39, 0.29) is 6.10 Å². The van der Waals surface area contributed by atoms with Crippen LogP contribution in [0.25, 0.3) is 0 Å². The van der Waals surface area contributed by atoms with Gasteiger partial charge in [0.2, 0.25) is 0 Å². The highest BCUT2D eigenvalue weighted by atomic mass is 32.2. The average molecular weight is 217 g/mol. The van der Waals surface area contributed by atoms with Gasteiger partial charge < -0.3 is 10.4 Å². The second-order valence-corrected chi connectivity index (χ2v) is 5.79. The van der Waals surface area contributed by atoms with Crippen molar-refractivity contribution in [2.24, 2.45) is 0 Å². The van der Waals surface area contributed by atoms with Crippen LogP contribution < -0.4 is 5.32 Å². The third-order valence-corrected chi connectivity index (χ3v) is 4.11. The maximum Gasteiger partial charge on any atom is 0.0755 e. The summed E-state index contributed by atoms with van der Waals surface area (Å²) in [5, 5.41) is 13.8. The van der Waals surface area contributed by atoms with Gasteiger partial charge in [-0.15, -0.1) is 0 Å². The summed E-state index contributed by atoms with van der Waals surface area (Å²) in [7, 11) is 0. The molecule has 2 nitrogen and oxygen atoms in total. The first-order valence-corrected chi connectivity index (χ1v) is 6.76. The van der Waals surface area contributed by atoms with Gasteiger partial charge >= 0.3 is 0 Å².